The SMILES string of the molecule is Cc1nnn2c1-c1ccc(-c3cnn(C)c3)cc1C(Nc1cccc3cccnc13)CC2. The number of nitrogens with zero attached hydrogens (tertiary/aromatic N) is 6. The van der Waals surface area contributed by atoms with Crippen molar-refractivity contribution < 1.29 is 0 Å². The van der Waals surface area contributed by atoms with E-state index in [1.807, 2.05) is 48.0 Å². The van der Waals surface area contributed by atoms with E-state index in [9.17, 15) is 0 Å². The summed E-state index contributed by atoms with van der Waals surface area (Å²) in [6.07, 6.45) is 6.70. The van der Waals surface area contributed by atoms with Crippen molar-refractivity contribution in [3.8, 4) is 22.4 Å². The number of nitrogens with one attached hydrogen (secondary N) is 1. The van der Waals surface area contributed by atoms with Crippen LogP contribution in [-0.2, 0) is 13.6 Å². The van der Waals surface area contributed by atoms with E-state index in [0.29, 0.717) is 0 Å². The summed E-state index contributed by atoms with van der Waals surface area (Å²) in [6.45, 7) is 2.82. The number of aryl methyl sites for hydroxylation is 3. The summed E-state index contributed by atoms with van der Waals surface area (Å²) in [4.78, 5) is 4.64. The molecule has 1 atom stereocenters. The smallest absolute Gasteiger partial charge is 0.0933 e. The summed E-state index contributed by atoms with van der Waals surface area (Å²) in [5.41, 5.74) is 8.74. The molecule has 3 aromatic heterocycles. The highest BCUT2D eigenvalue weighted by Gasteiger charge is 2.26. The highest BCUT2D eigenvalue weighted by atomic mass is 15.4. The third-order valence-electron chi connectivity index (χ3n) is 6.22. The maximum atomic E-state index is 4.64. The van der Waals surface area contributed by atoms with Gasteiger partial charge in [0.1, 0.15) is 0 Å². The van der Waals surface area contributed by atoms with Gasteiger partial charge in [0.05, 0.1) is 34.8 Å². The predicted octanol–water partition coefficient (Wildman–Crippen LogP) is 4.76. The number of pyridine rings is 1. The molecule has 7 heteroatoms. The lowest BCUT2D eigenvalue weighted by atomic mass is 9.93. The lowest BCUT2D eigenvalue weighted by molar-refractivity contribution is 0.539. The third-order valence-corrected chi connectivity index (χ3v) is 6.22. The van der Waals surface area contributed by atoms with Gasteiger partial charge < -0.3 is 5.32 Å². The summed E-state index contributed by atoms with van der Waals surface area (Å²) in [7, 11) is 1.94. The first-order chi connectivity index (χ1) is 15.7. The van der Waals surface area contributed by atoms with Crippen LogP contribution in [0.5, 0.6) is 0 Å². The molecule has 32 heavy (non-hydrogen) atoms. The molecule has 0 saturated carbocycles. The van der Waals surface area contributed by atoms with E-state index in [2.05, 4.69) is 68.2 Å². The molecular weight excluding hydrogens is 398 g/mol. The molecule has 0 spiro atoms. The van der Waals surface area contributed by atoms with Crippen LogP contribution in [0.2, 0.25) is 0 Å². The van der Waals surface area contributed by atoms with Gasteiger partial charge in [-0.15, -0.1) is 5.10 Å². The second-order valence-corrected chi connectivity index (χ2v) is 8.32. The molecule has 1 aliphatic rings. The van der Waals surface area contributed by atoms with Crippen LogP contribution in [0.4, 0.5) is 5.69 Å². The van der Waals surface area contributed by atoms with Crippen molar-refractivity contribution >= 4 is 16.6 Å². The number of rotatable bonds is 3. The standard InChI is InChI=1S/C25H23N7/c1-16-25-20-9-8-18(19-14-27-31(2)15-19)13-21(20)22(10-12-32(25)30-29-16)28-23-7-3-5-17-6-4-11-26-24(17)23/h3-9,11,13-15,22,28H,10,12H2,1-2H3. The molecular formula is C25H23N7. The minimum absolute atomic E-state index is 0.107. The quantitative estimate of drug-likeness (QED) is 0.455. The van der Waals surface area contributed by atoms with E-state index in [0.717, 1.165) is 52.1 Å². The molecule has 6 rings (SSSR count). The van der Waals surface area contributed by atoms with Crippen LogP contribution in [0.25, 0.3) is 33.3 Å². The fraction of sp³-hybridized carbons (Fsp3) is 0.200. The van der Waals surface area contributed by atoms with Crippen molar-refractivity contribution in [1.29, 1.82) is 0 Å². The van der Waals surface area contributed by atoms with Crippen molar-refractivity contribution in [2.75, 3.05) is 5.32 Å². The summed E-state index contributed by atoms with van der Waals surface area (Å²) < 4.78 is 3.86. The van der Waals surface area contributed by atoms with Crippen LogP contribution in [0.3, 0.4) is 0 Å². The van der Waals surface area contributed by atoms with Crippen molar-refractivity contribution in [2.24, 2.45) is 7.05 Å². The third kappa shape index (κ3) is 3.05. The molecule has 1 unspecified atom stereocenters. The number of aromatic nitrogens is 6. The van der Waals surface area contributed by atoms with Gasteiger partial charge in [-0.2, -0.15) is 5.10 Å². The monoisotopic (exact) mass is 421 g/mol. The second-order valence-electron chi connectivity index (χ2n) is 8.32. The van der Waals surface area contributed by atoms with Crippen LogP contribution >= 0.6 is 0 Å². The Balaban J connectivity index is 1.50. The highest BCUT2D eigenvalue weighted by molar-refractivity contribution is 5.90. The Morgan fingerprint density at radius 1 is 1.06 bits per heavy atom. The van der Waals surface area contributed by atoms with Crippen molar-refractivity contribution in [3.63, 3.8) is 0 Å². The fourth-order valence-corrected chi connectivity index (χ4v) is 4.67. The van der Waals surface area contributed by atoms with E-state index < -0.39 is 0 Å². The maximum Gasteiger partial charge on any atom is 0.0933 e. The molecule has 1 N–H and O–H groups in total. The fourth-order valence-electron chi connectivity index (χ4n) is 4.67. The summed E-state index contributed by atoms with van der Waals surface area (Å²) in [5, 5.41) is 18.0. The summed E-state index contributed by atoms with van der Waals surface area (Å²) >= 11 is 0. The van der Waals surface area contributed by atoms with Gasteiger partial charge in [0.25, 0.3) is 0 Å². The summed E-state index contributed by atoms with van der Waals surface area (Å²) in [5.74, 6) is 0. The number of hydrogen-bond acceptors (Lipinski definition) is 5. The van der Waals surface area contributed by atoms with Crippen molar-refractivity contribution in [1.82, 2.24) is 29.8 Å². The van der Waals surface area contributed by atoms with Crippen LogP contribution < -0.4 is 5.32 Å². The molecule has 1 aliphatic heterocycles. The molecule has 0 fully saturated rings. The summed E-state index contributed by atoms with van der Waals surface area (Å²) in [6, 6.07) is 17.1. The average Bonchev–Trinajstić information content (AvgIpc) is 3.37. The topological polar surface area (TPSA) is 73.5 Å². The predicted molar refractivity (Wildman–Crippen MR) is 125 cm³/mol. The largest absolute Gasteiger partial charge is 0.376 e. The van der Waals surface area contributed by atoms with E-state index in [1.54, 1.807) is 0 Å². The van der Waals surface area contributed by atoms with Gasteiger partial charge in [-0.05, 0) is 42.7 Å². The molecule has 7 nitrogen and oxygen atoms in total. The lowest BCUT2D eigenvalue weighted by Gasteiger charge is -2.22. The zero-order chi connectivity index (χ0) is 21.7. The Hall–Kier alpha value is -4.00. The first-order valence-electron chi connectivity index (χ1n) is 10.8. The Bertz CT molecular complexity index is 1440. The molecule has 0 bridgehead atoms. The molecule has 0 aliphatic carbocycles. The van der Waals surface area contributed by atoms with Gasteiger partial charge in [0.15, 0.2) is 0 Å². The normalized spacial score (nSPS) is 15.2. The second kappa shape index (κ2) is 7.30. The van der Waals surface area contributed by atoms with Gasteiger partial charge in [-0.1, -0.05) is 35.5 Å². The van der Waals surface area contributed by atoms with Crippen molar-refractivity contribution in [3.05, 3.63) is 78.4 Å². The van der Waals surface area contributed by atoms with Crippen LogP contribution in [-0.4, -0.2) is 29.8 Å². The van der Waals surface area contributed by atoms with Gasteiger partial charge in [0.2, 0.25) is 0 Å². The number of hydrogen-bond donors (Lipinski definition) is 1. The van der Waals surface area contributed by atoms with Gasteiger partial charge in [-0.3, -0.25) is 9.67 Å². The Labute approximate surface area is 185 Å². The lowest BCUT2D eigenvalue weighted by Crippen LogP contribution is -2.13. The van der Waals surface area contributed by atoms with Gasteiger partial charge in [-0.25, -0.2) is 4.68 Å². The van der Waals surface area contributed by atoms with E-state index in [4.69, 9.17) is 0 Å². The van der Waals surface area contributed by atoms with Crippen LogP contribution in [0.15, 0.2) is 67.1 Å². The van der Waals surface area contributed by atoms with Crippen LogP contribution in [0, 0.1) is 6.92 Å². The highest BCUT2D eigenvalue weighted by Crippen LogP contribution is 2.39. The molecule has 0 saturated heterocycles. The maximum absolute atomic E-state index is 4.64. The zero-order valence-corrected chi connectivity index (χ0v) is 18.0. The molecule has 5 aromatic rings. The first-order valence-corrected chi connectivity index (χ1v) is 10.8. The first kappa shape index (κ1) is 18.7. The molecule has 0 radical (unpaired) electrons. The number of anilines is 1. The average molecular weight is 422 g/mol. The van der Waals surface area contributed by atoms with Crippen LogP contribution in [0.1, 0.15) is 23.7 Å². The minimum atomic E-state index is 0.107. The number of benzene rings is 2. The Morgan fingerprint density at radius 2 is 1.97 bits per heavy atom. The van der Waals surface area contributed by atoms with E-state index in [1.165, 1.54) is 11.1 Å². The molecule has 2 aromatic carbocycles. The Morgan fingerprint density at radius 3 is 2.84 bits per heavy atom. The molecule has 158 valence electrons. The minimum Gasteiger partial charge on any atom is -0.376 e. The molecule has 4 heterocycles. The Kier molecular flexibility index (Phi) is 4.28. The molecule has 0 amide bonds. The van der Waals surface area contributed by atoms with E-state index >= 15 is 0 Å². The number of para-hydroxylation sites is 1. The zero-order valence-electron chi connectivity index (χ0n) is 18.0. The van der Waals surface area contributed by atoms with Gasteiger partial charge >= 0.3 is 0 Å². The van der Waals surface area contributed by atoms with E-state index in [-0.39, 0.29) is 6.04 Å². The van der Waals surface area contributed by atoms with Crippen molar-refractivity contribution in [2.45, 2.75) is 25.9 Å². The number of fused-ring (bicyclic) bond motifs is 4. The van der Waals surface area contributed by atoms with Gasteiger partial charge in [0, 0.05) is 42.5 Å².